The smallest absolute Gasteiger partial charge is 0.306 e. The lowest BCUT2D eigenvalue weighted by atomic mass is 9.91. The van der Waals surface area contributed by atoms with Crippen molar-refractivity contribution >= 4 is 23.3 Å². The zero-order chi connectivity index (χ0) is 27.3. The SMILES string of the molecule is Cc1ncc(Nc2nc(N[C@H](c3cccc(F)c3)[C@H](C)CC(=O)OC(C)(C)C)c(F)cc2C#N)cc1F. The van der Waals surface area contributed by atoms with Crippen LogP contribution in [0, 0.1) is 41.6 Å². The average molecular weight is 512 g/mol. The molecule has 0 saturated heterocycles. The summed E-state index contributed by atoms with van der Waals surface area (Å²) in [4.78, 5) is 20.6. The number of hydrogen-bond acceptors (Lipinski definition) is 7. The van der Waals surface area contributed by atoms with Gasteiger partial charge in [-0.3, -0.25) is 9.78 Å². The summed E-state index contributed by atoms with van der Waals surface area (Å²) in [6.07, 6.45) is 1.32. The van der Waals surface area contributed by atoms with Gasteiger partial charge in [-0.1, -0.05) is 19.1 Å². The molecule has 3 rings (SSSR count). The van der Waals surface area contributed by atoms with Crippen molar-refractivity contribution in [1.82, 2.24) is 9.97 Å². The molecule has 0 unspecified atom stereocenters. The van der Waals surface area contributed by atoms with Crippen molar-refractivity contribution in [2.24, 2.45) is 5.92 Å². The third kappa shape index (κ3) is 7.43. The van der Waals surface area contributed by atoms with Crippen molar-refractivity contribution in [3.8, 4) is 6.07 Å². The molecule has 37 heavy (non-hydrogen) atoms. The van der Waals surface area contributed by atoms with E-state index in [-0.39, 0.29) is 35.0 Å². The number of esters is 1. The van der Waals surface area contributed by atoms with E-state index in [0.29, 0.717) is 5.56 Å². The standard InChI is InChI=1S/C27H28F3N5O2/c1-15(9-23(36)37-27(3,4)5)24(17-7-6-8-19(28)10-17)34-26-22(30)11-18(13-31)25(35-26)33-20-12-21(29)16(2)32-14-20/h6-8,10-12,14-15,24H,9H2,1-5H3,(H2,33,34,35)/t15-,24+/m1/s1. The van der Waals surface area contributed by atoms with Crippen LogP contribution in [0.4, 0.5) is 30.5 Å². The van der Waals surface area contributed by atoms with Crippen molar-refractivity contribution in [1.29, 1.82) is 5.26 Å². The van der Waals surface area contributed by atoms with Crippen LogP contribution in [0.15, 0.2) is 42.6 Å². The van der Waals surface area contributed by atoms with Crippen molar-refractivity contribution in [2.75, 3.05) is 10.6 Å². The first-order valence-electron chi connectivity index (χ1n) is 11.6. The van der Waals surface area contributed by atoms with Gasteiger partial charge < -0.3 is 15.4 Å². The lowest BCUT2D eigenvalue weighted by molar-refractivity contribution is -0.155. The third-order valence-corrected chi connectivity index (χ3v) is 5.36. The number of halogens is 3. The summed E-state index contributed by atoms with van der Waals surface area (Å²) >= 11 is 0. The van der Waals surface area contributed by atoms with Gasteiger partial charge in [0.1, 0.15) is 23.3 Å². The van der Waals surface area contributed by atoms with Crippen LogP contribution in [0.25, 0.3) is 0 Å². The number of anilines is 3. The lowest BCUT2D eigenvalue weighted by Gasteiger charge is -2.28. The number of nitrogens with zero attached hydrogens (tertiary/aromatic N) is 3. The molecule has 1 aromatic carbocycles. The number of nitriles is 1. The molecule has 0 spiro atoms. The van der Waals surface area contributed by atoms with E-state index in [1.807, 2.05) is 6.07 Å². The number of aromatic nitrogens is 2. The van der Waals surface area contributed by atoms with Gasteiger partial charge in [-0.25, -0.2) is 18.2 Å². The average Bonchev–Trinajstić information content (AvgIpc) is 2.80. The predicted molar refractivity (Wildman–Crippen MR) is 134 cm³/mol. The normalized spacial score (nSPS) is 12.8. The summed E-state index contributed by atoms with van der Waals surface area (Å²) in [6, 6.07) is 8.98. The molecule has 2 atom stereocenters. The van der Waals surface area contributed by atoms with E-state index >= 15 is 4.39 Å². The van der Waals surface area contributed by atoms with Crippen LogP contribution in [-0.2, 0) is 9.53 Å². The quantitative estimate of drug-likeness (QED) is 0.341. The van der Waals surface area contributed by atoms with Crippen LogP contribution in [0.1, 0.15) is 57.0 Å². The molecular formula is C27H28F3N5O2. The number of aryl methyl sites for hydroxylation is 1. The zero-order valence-corrected chi connectivity index (χ0v) is 21.2. The highest BCUT2D eigenvalue weighted by atomic mass is 19.1. The van der Waals surface area contributed by atoms with Gasteiger partial charge in [0.2, 0.25) is 0 Å². The van der Waals surface area contributed by atoms with Gasteiger partial charge in [-0.15, -0.1) is 0 Å². The fourth-order valence-corrected chi connectivity index (χ4v) is 3.65. The van der Waals surface area contributed by atoms with Gasteiger partial charge in [0, 0.05) is 6.07 Å². The molecule has 0 fully saturated rings. The van der Waals surface area contributed by atoms with E-state index in [4.69, 9.17) is 4.74 Å². The Morgan fingerprint density at radius 3 is 2.49 bits per heavy atom. The minimum atomic E-state index is -0.832. The van der Waals surface area contributed by atoms with Crippen LogP contribution < -0.4 is 10.6 Å². The Bertz CT molecular complexity index is 1330. The van der Waals surface area contributed by atoms with E-state index in [1.165, 1.54) is 37.4 Å². The Morgan fingerprint density at radius 2 is 1.86 bits per heavy atom. The second-order valence-corrected chi connectivity index (χ2v) is 9.69. The molecule has 2 aromatic heterocycles. The molecule has 3 aromatic rings. The van der Waals surface area contributed by atoms with E-state index in [0.717, 1.165) is 6.07 Å². The highest BCUT2D eigenvalue weighted by molar-refractivity contribution is 5.70. The van der Waals surface area contributed by atoms with Gasteiger partial charge in [0.05, 0.1) is 35.6 Å². The molecule has 0 radical (unpaired) electrons. The van der Waals surface area contributed by atoms with Crippen molar-refractivity contribution < 1.29 is 22.7 Å². The van der Waals surface area contributed by atoms with Crippen LogP contribution >= 0.6 is 0 Å². The summed E-state index contributed by atoms with van der Waals surface area (Å²) in [6.45, 7) is 8.49. The molecule has 2 N–H and O–H groups in total. The van der Waals surface area contributed by atoms with Gasteiger partial charge in [0.25, 0.3) is 0 Å². The molecule has 194 valence electrons. The minimum absolute atomic E-state index is 0.0331. The molecule has 0 aliphatic heterocycles. The number of ether oxygens (including phenoxy) is 1. The third-order valence-electron chi connectivity index (χ3n) is 5.36. The van der Waals surface area contributed by atoms with Gasteiger partial charge >= 0.3 is 5.97 Å². The summed E-state index contributed by atoms with van der Waals surface area (Å²) in [5, 5.41) is 15.2. The van der Waals surface area contributed by atoms with Crippen molar-refractivity contribution in [3.05, 3.63) is 76.9 Å². The summed E-state index contributed by atoms with van der Waals surface area (Å²) in [7, 11) is 0. The first-order chi connectivity index (χ1) is 17.4. The first kappa shape index (κ1) is 27.5. The molecular weight excluding hydrogens is 483 g/mol. The zero-order valence-electron chi connectivity index (χ0n) is 21.2. The molecule has 0 aliphatic rings. The number of pyridine rings is 2. The molecule has 7 nitrogen and oxygen atoms in total. The van der Waals surface area contributed by atoms with Crippen LogP contribution in [0.3, 0.4) is 0 Å². The van der Waals surface area contributed by atoms with Crippen molar-refractivity contribution in [2.45, 2.75) is 52.7 Å². The fraction of sp³-hybridized carbons (Fsp3) is 0.333. The fourth-order valence-electron chi connectivity index (χ4n) is 3.65. The van der Waals surface area contributed by atoms with Crippen molar-refractivity contribution in [3.63, 3.8) is 0 Å². The summed E-state index contributed by atoms with van der Waals surface area (Å²) in [5.41, 5.74) is 0.0562. The van der Waals surface area contributed by atoms with Crippen LogP contribution in [-0.4, -0.2) is 21.5 Å². The Balaban J connectivity index is 1.97. The molecule has 2 heterocycles. The predicted octanol–water partition coefficient (Wildman–Crippen LogP) is 6.34. The Kier molecular flexibility index (Phi) is 8.38. The summed E-state index contributed by atoms with van der Waals surface area (Å²) in [5.74, 6) is -3.11. The maximum absolute atomic E-state index is 15.0. The Labute approximate surface area is 213 Å². The maximum Gasteiger partial charge on any atom is 0.306 e. The Hall–Kier alpha value is -4.13. The first-order valence-corrected chi connectivity index (χ1v) is 11.6. The lowest BCUT2D eigenvalue weighted by Crippen LogP contribution is -2.28. The van der Waals surface area contributed by atoms with Gasteiger partial charge in [-0.05, 0) is 57.4 Å². The number of nitrogens with one attached hydrogen (secondary N) is 2. The number of carbonyl (C=O) groups excluding carboxylic acids is 1. The number of rotatable bonds is 8. The monoisotopic (exact) mass is 511 g/mol. The Morgan fingerprint density at radius 1 is 1.14 bits per heavy atom. The van der Waals surface area contributed by atoms with E-state index < -0.39 is 41.0 Å². The molecule has 0 saturated carbocycles. The second-order valence-electron chi connectivity index (χ2n) is 9.69. The highest BCUT2D eigenvalue weighted by Gasteiger charge is 2.27. The number of benzene rings is 1. The van der Waals surface area contributed by atoms with E-state index in [2.05, 4.69) is 20.6 Å². The highest BCUT2D eigenvalue weighted by Crippen LogP contribution is 2.32. The van der Waals surface area contributed by atoms with Crippen LogP contribution in [0.2, 0.25) is 0 Å². The molecule has 10 heteroatoms. The van der Waals surface area contributed by atoms with Gasteiger partial charge in [-0.2, -0.15) is 5.26 Å². The largest absolute Gasteiger partial charge is 0.460 e. The number of hydrogen-bond donors (Lipinski definition) is 2. The second kappa shape index (κ2) is 11.3. The minimum Gasteiger partial charge on any atom is -0.460 e. The maximum atomic E-state index is 15.0. The molecule has 0 bridgehead atoms. The van der Waals surface area contributed by atoms with E-state index in [1.54, 1.807) is 33.8 Å². The van der Waals surface area contributed by atoms with Crippen LogP contribution in [0.5, 0.6) is 0 Å². The molecule has 0 aliphatic carbocycles. The topological polar surface area (TPSA) is 99.9 Å². The van der Waals surface area contributed by atoms with E-state index in [9.17, 15) is 18.8 Å². The van der Waals surface area contributed by atoms with Gasteiger partial charge in [0.15, 0.2) is 17.5 Å². The molecule has 0 amide bonds. The number of carbonyl (C=O) groups is 1. The summed E-state index contributed by atoms with van der Waals surface area (Å²) < 4.78 is 48.5.